The molecular formula is C52H48N2. The van der Waals surface area contributed by atoms with Gasteiger partial charge in [0.05, 0.1) is 11.4 Å². The van der Waals surface area contributed by atoms with Crippen molar-refractivity contribution in [3.8, 4) is 0 Å². The summed E-state index contributed by atoms with van der Waals surface area (Å²) in [6, 6.07) is 61.0. The average Bonchev–Trinajstić information content (AvgIpc) is 3.22. The van der Waals surface area contributed by atoms with Crippen molar-refractivity contribution in [2.75, 3.05) is 9.80 Å². The molecule has 54 heavy (non-hydrogen) atoms. The van der Waals surface area contributed by atoms with Crippen LogP contribution in [0.1, 0.15) is 58.4 Å². The summed E-state index contributed by atoms with van der Waals surface area (Å²) in [5.74, 6) is 0. The number of para-hydroxylation sites is 4. The molecule has 0 fully saturated rings. The highest BCUT2D eigenvalue weighted by Crippen LogP contribution is 2.40. The molecule has 0 amide bonds. The second kappa shape index (κ2) is 17.0. The van der Waals surface area contributed by atoms with E-state index in [0.717, 1.165) is 46.7 Å². The number of aryl methyl sites for hydroxylation is 4. The molecule has 7 rings (SSSR count). The molecule has 7 aromatic rings. The molecule has 0 heterocycles. The molecule has 0 N–H and O–H groups in total. The average molecular weight is 701 g/mol. The first-order valence-electron chi connectivity index (χ1n) is 19.1. The maximum atomic E-state index is 2.39. The summed E-state index contributed by atoms with van der Waals surface area (Å²) in [4.78, 5) is 4.77. The summed E-state index contributed by atoms with van der Waals surface area (Å²) in [7, 11) is 0. The number of hydrogen-bond donors (Lipinski definition) is 0. The van der Waals surface area contributed by atoms with Gasteiger partial charge in [0.25, 0.3) is 0 Å². The molecule has 0 atom stereocenters. The Morgan fingerprint density at radius 1 is 0.352 bits per heavy atom. The maximum Gasteiger partial charge on any atom is 0.0522 e. The normalized spacial score (nSPS) is 11.3. The van der Waals surface area contributed by atoms with Crippen molar-refractivity contribution >= 4 is 58.4 Å². The highest BCUT2D eigenvalue weighted by molar-refractivity contribution is 5.83. The van der Waals surface area contributed by atoms with E-state index < -0.39 is 0 Å². The van der Waals surface area contributed by atoms with Gasteiger partial charge in [0.1, 0.15) is 0 Å². The van der Waals surface area contributed by atoms with Crippen LogP contribution in [-0.2, 0) is 12.8 Å². The lowest BCUT2D eigenvalue weighted by atomic mass is 10.0. The number of rotatable bonds is 12. The smallest absolute Gasteiger partial charge is 0.0522 e. The maximum absolute atomic E-state index is 2.39. The minimum absolute atomic E-state index is 0.976. The lowest BCUT2D eigenvalue weighted by Crippen LogP contribution is -2.13. The highest BCUT2D eigenvalue weighted by Gasteiger charge is 2.18. The van der Waals surface area contributed by atoms with Gasteiger partial charge in [-0.1, -0.05) is 153 Å². The molecule has 266 valence electrons. The quantitative estimate of drug-likeness (QED) is 0.117. The molecule has 0 aromatic heterocycles. The molecule has 0 aliphatic rings. The zero-order valence-electron chi connectivity index (χ0n) is 31.8. The summed E-state index contributed by atoms with van der Waals surface area (Å²) in [5.41, 5.74) is 17.0. The fourth-order valence-electron chi connectivity index (χ4n) is 7.24. The van der Waals surface area contributed by atoms with E-state index in [9.17, 15) is 0 Å². The van der Waals surface area contributed by atoms with E-state index in [1.807, 2.05) is 0 Å². The van der Waals surface area contributed by atoms with Crippen LogP contribution < -0.4 is 9.80 Å². The molecule has 0 bridgehead atoms. The molecule has 0 saturated carbocycles. The summed E-state index contributed by atoms with van der Waals surface area (Å²) in [5, 5.41) is 0. The second-order valence-corrected chi connectivity index (χ2v) is 13.7. The number of nitrogens with zero attached hydrogens (tertiary/aromatic N) is 2. The van der Waals surface area contributed by atoms with Crippen LogP contribution in [0.5, 0.6) is 0 Å². The Balaban J connectivity index is 1.08. The van der Waals surface area contributed by atoms with Crippen LogP contribution in [0.4, 0.5) is 34.1 Å². The van der Waals surface area contributed by atoms with Crippen LogP contribution in [-0.4, -0.2) is 0 Å². The Morgan fingerprint density at radius 2 is 0.704 bits per heavy atom. The first-order chi connectivity index (χ1) is 26.5. The monoisotopic (exact) mass is 700 g/mol. The molecule has 2 nitrogen and oxygen atoms in total. The van der Waals surface area contributed by atoms with Gasteiger partial charge in [-0.2, -0.15) is 0 Å². The zero-order chi connectivity index (χ0) is 37.3. The molecule has 0 spiro atoms. The van der Waals surface area contributed by atoms with E-state index in [4.69, 9.17) is 0 Å². The molecule has 0 unspecified atom stereocenters. The van der Waals surface area contributed by atoms with Crippen molar-refractivity contribution in [1.29, 1.82) is 0 Å². The fraction of sp³-hybridized carbons (Fsp3) is 0.115. The van der Waals surface area contributed by atoms with Crippen molar-refractivity contribution in [2.45, 2.75) is 40.5 Å². The predicted molar refractivity (Wildman–Crippen MR) is 235 cm³/mol. The van der Waals surface area contributed by atoms with Gasteiger partial charge < -0.3 is 9.80 Å². The van der Waals surface area contributed by atoms with E-state index in [-0.39, 0.29) is 0 Å². The van der Waals surface area contributed by atoms with Gasteiger partial charge in [-0.05, 0) is 126 Å². The van der Waals surface area contributed by atoms with Gasteiger partial charge >= 0.3 is 0 Å². The predicted octanol–water partition coefficient (Wildman–Crippen LogP) is 14.7. The second-order valence-electron chi connectivity index (χ2n) is 13.7. The van der Waals surface area contributed by atoms with E-state index >= 15 is 0 Å². The van der Waals surface area contributed by atoms with Crippen molar-refractivity contribution < 1.29 is 0 Å². The third kappa shape index (κ3) is 8.14. The standard InChI is InChI=1S/C52H48N2/c1-5-45-20-13-16-39(3)51(45)53(47-22-9-7-10-23-47)49-34-30-41(31-35-49)26-28-43-18-15-19-44(38-43)29-27-42-32-36-50(37-33-42)54(48-24-11-8-12-25-48)52-40(4)17-14-21-46(52)6-2/h7-38H,5-6H2,1-4H3. The van der Waals surface area contributed by atoms with Crippen molar-refractivity contribution in [3.05, 3.63) is 214 Å². The van der Waals surface area contributed by atoms with Crippen molar-refractivity contribution in [1.82, 2.24) is 0 Å². The summed E-state index contributed by atoms with van der Waals surface area (Å²) < 4.78 is 0. The molecule has 0 aliphatic heterocycles. The third-order valence-electron chi connectivity index (χ3n) is 10.0. The van der Waals surface area contributed by atoms with E-state index in [1.54, 1.807) is 0 Å². The van der Waals surface area contributed by atoms with Crippen LogP contribution in [0.15, 0.2) is 170 Å². The SMILES string of the molecule is CCc1cccc(C)c1N(c1ccccc1)c1ccc(C=Cc2cccc(C=Cc3ccc(N(c4ccccc4)c4c(C)cccc4CC)cc3)c2)cc1. The molecule has 2 heteroatoms. The Kier molecular flexibility index (Phi) is 11.3. The van der Waals surface area contributed by atoms with Gasteiger partial charge in [0.15, 0.2) is 0 Å². The van der Waals surface area contributed by atoms with Crippen LogP contribution >= 0.6 is 0 Å². The van der Waals surface area contributed by atoms with E-state index in [1.165, 1.54) is 44.8 Å². The molecule has 0 radical (unpaired) electrons. The lowest BCUT2D eigenvalue weighted by molar-refractivity contribution is 1.10. The minimum Gasteiger partial charge on any atom is -0.310 e. The lowest BCUT2D eigenvalue weighted by Gasteiger charge is -2.29. The van der Waals surface area contributed by atoms with Gasteiger partial charge in [0, 0.05) is 22.7 Å². The van der Waals surface area contributed by atoms with Crippen LogP contribution in [0.3, 0.4) is 0 Å². The van der Waals surface area contributed by atoms with E-state index in [0.29, 0.717) is 0 Å². The van der Waals surface area contributed by atoms with Gasteiger partial charge in [-0.25, -0.2) is 0 Å². The zero-order valence-corrected chi connectivity index (χ0v) is 31.8. The van der Waals surface area contributed by atoms with E-state index in [2.05, 4.69) is 232 Å². The van der Waals surface area contributed by atoms with Crippen molar-refractivity contribution in [3.63, 3.8) is 0 Å². The summed E-state index contributed by atoms with van der Waals surface area (Å²) >= 11 is 0. The Hall–Kier alpha value is -6.38. The number of hydrogen-bond acceptors (Lipinski definition) is 2. The molecule has 0 aliphatic carbocycles. The largest absolute Gasteiger partial charge is 0.310 e. The van der Waals surface area contributed by atoms with Crippen LogP contribution in [0, 0.1) is 13.8 Å². The Labute approximate surface area is 322 Å². The fourth-order valence-corrected chi connectivity index (χ4v) is 7.24. The van der Waals surface area contributed by atoms with Gasteiger partial charge in [-0.3, -0.25) is 0 Å². The first-order valence-corrected chi connectivity index (χ1v) is 19.1. The van der Waals surface area contributed by atoms with Crippen molar-refractivity contribution in [2.24, 2.45) is 0 Å². The number of benzene rings is 7. The number of anilines is 6. The van der Waals surface area contributed by atoms with Crippen LogP contribution in [0.2, 0.25) is 0 Å². The summed E-state index contributed by atoms with van der Waals surface area (Å²) in [6.07, 6.45) is 10.7. The molecular weight excluding hydrogens is 653 g/mol. The summed E-state index contributed by atoms with van der Waals surface area (Å²) in [6.45, 7) is 8.86. The topological polar surface area (TPSA) is 6.48 Å². The van der Waals surface area contributed by atoms with Crippen LogP contribution in [0.25, 0.3) is 24.3 Å². The first kappa shape index (κ1) is 36.0. The molecule has 7 aromatic carbocycles. The van der Waals surface area contributed by atoms with Gasteiger partial charge in [0.2, 0.25) is 0 Å². The Bertz CT molecular complexity index is 2190. The molecule has 0 saturated heterocycles. The highest BCUT2D eigenvalue weighted by atomic mass is 15.2. The minimum atomic E-state index is 0.976. The van der Waals surface area contributed by atoms with Gasteiger partial charge in [-0.15, -0.1) is 0 Å². The Morgan fingerprint density at radius 3 is 1.09 bits per heavy atom. The third-order valence-corrected chi connectivity index (χ3v) is 10.0.